The monoisotopic (exact) mass is 396 g/mol. The molecule has 1 aromatic rings. The molecule has 0 spiro atoms. The van der Waals surface area contributed by atoms with E-state index in [-0.39, 0.29) is 13.2 Å². The highest BCUT2D eigenvalue weighted by atomic mass is 32.1. The number of benzene rings is 1. The van der Waals surface area contributed by atoms with Gasteiger partial charge in [-0.1, -0.05) is 30.3 Å². The molecule has 1 aliphatic rings. The van der Waals surface area contributed by atoms with Crippen LogP contribution in [0.4, 0.5) is 9.59 Å². The van der Waals surface area contributed by atoms with Gasteiger partial charge in [0.15, 0.2) is 0 Å². The molecule has 2 atom stereocenters. The van der Waals surface area contributed by atoms with Crippen molar-refractivity contribution in [1.82, 2.24) is 10.2 Å². The molecule has 1 aromatic carbocycles. The number of carbonyl (C=O) groups excluding carboxylic acids is 2. The Morgan fingerprint density at radius 2 is 1.96 bits per heavy atom. The van der Waals surface area contributed by atoms with Crippen LogP contribution in [0.1, 0.15) is 32.8 Å². The fraction of sp³-hybridized carbons (Fsp3) is 0.579. The first kappa shape index (κ1) is 21.4. The number of carbonyl (C=O) groups is 2. The zero-order chi connectivity index (χ0) is 20.1. The lowest BCUT2D eigenvalue weighted by Gasteiger charge is -2.34. The van der Waals surface area contributed by atoms with Crippen LogP contribution in [0.5, 0.6) is 0 Å². The zero-order valence-corrected chi connectivity index (χ0v) is 17.1. The van der Waals surface area contributed by atoms with E-state index in [1.54, 1.807) is 32.8 Å². The molecule has 2 unspecified atom stereocenters. The van der Waals surface area contributed by atoms with Gasteiger partial charge in [-0.25, -0.2) is 9.59 Å². The number of rotatable bonds is 5. The van der Waals surface area contributed by atoms with Crippen molar-refractivity contribution in [2.75, 3.05) is 20.2 Å². The van der Waals surface area contributed by atoms with Crippen molar-refractivity contribution in [2.45, 2.75) is 50.4 Å². The van der Waals surface area contributed by atoms with E-state index in [4.69, 9.17) is 14.2 Å². The molecule has 0 aromatic heterocycles. The molecule has 7 nitrogen and oxygen atoms in total. The van der Waals surface area contributed by atoms with Crippen molar-refractivity contribution in [3.05, 3.63) is 35.9 Å². The Balaban J connectivity index is 1.91. The molecule has 0 bridgehead atoms. The van der Waals surface area contributed by atoms with Gasteiger partial charge < -0.3 is 24.4 Å². The fourth-order valence-corrected chi connectivity index (χ4v) is 3.25. The van der Waals surface area contributed by atoms with Gasteiger partial charge in [-0.2, -0.15) is 12.6 Å². The first-order chi connectivity index (χ1) is 12.6. The smallest absolute Gasteiger partial charge is 0.410 e. The number of alkyl carbamates (subject to hydrolysis) is 1. The first-order valence-corrected chi connectivity index (χ1v) is 9.35. The van der Waals surface area contributed by atoms with Crippen LogP contribution in [0.25, 0.3) is 0 Å². The molecule has 8 heteroatoms. The molecular weight excluding hydrogens is 368 g/mol. The van der Waals surface area contributed by atoms with Gasteiger partial charge >= 0.3 is 12.2 Å². The van der Waals surface area contributed by atoms with Crippen LogP contribution < -0.4 is 5.32 Å². The molecular formula is C19H28N2O5S. The van der Waals surface area contributed by atoms with Gasteiger partial charge in [-0.15, -0.1) is 0 Å². The average Bonchev–Trinajstić information content (AvgIpc) is 3.05. The number of thiol groups is 1. The van der Waals surface area contributed by atoms with Crippen molar-refractivity contribution in [1.29, 1.82) is 0 Å². The van der Waals surface area contributed by atoms with E-state index in [1.165, 1.54) is 0 Å². The molecule has 27 heavy (non-hydrogen) atoms. The highest BCUT2D eigenvalue weighted by Gasteiger charge is 2.46. The van der Waals surface area contributed by atoms with E-state index in [0.717, 1.165) is 5.56 Å². The Morgan fingerprint density at radius 3 is 2.56 bits per heavy atom. The predicted octanol–water partition coefficient (Wildman–Crippen LogP) is 3.19. The highest BCUT2D eigenvalue weighted by molar-refractivity contribution is 7.81. The summed E-state index contributed by atoms with van der Waals surface area (Å²) in [6.07, 6.45) is -0.479. The highest BCUT2D eigenvalue weighted by Crippen LogP contribution is 2.31. The van der Waals surface area contributed by atoms with E-state index >= 15 is 0 Å². The van der Waals surface area contributed by atoms with Crippen molar-refractivity contribution < 1.29 is 23.8 Å². The van der Waals surface area contributed by atoms with Crippen LogP contribution in [-0.4, -0.2) is 53.9 Å². The largest absolute Gasteiger partial charge is 0.445 e. The van der Waals surface area contributed by atoms with Crippen LogP contribution in [0.2, 0.25) is 0 Å². The number of hydrogen-bond acceptors (Lipinski definition) is 6. The Kier molecular flexibility index (Phi) is 7.00. The van der Waals surface area contributed by atoms with Crippen LogP contribution >= 0.6 is 12.6 Å². The molecule has 0 aliphatic carbocycles. The lowest BCUT2D eigenvalue weighted by atomic mass is 10.0. The summed E-state index contributed by atoms with van der Waals surface area (Å²) < 4.78 is 16.3. The predicted molar refractivity (Wildman–Crippen MR) is 105 cm³/mol. The number of likely N-dealkylation sites (tertiary alicyclic amines) is 1. The molecule has 2 amide bonds. The van der Waals surface area contributed by atoms with E-state index in [9.17, 15) is 9.59 Å². The molecule has 1 N–H and O–H groups in total. The lowest BCUT2D eigenvalue weighted by molar-refractivity contribution is -0.0140. The van der Waals surface area contributed by atoms with Crippen LogP contribution in [0, 0.1) is 0 Å². The zero-order valence-electron chi connectivity index (χ0n) is 16.2. The molecule has 0 saturated carbocycles. The van der Waals surface area contributed by atoms with Crippen LogP contribution in [-0.2, 0) is 20.8 Å². The summed E-state index contributed by atoms with van der Waals surface area (Å²) in [4.78, 5) is 25.9. The molecule has 1 aliphatic heterocycles. The number of ether oxygens (including phenoxy) is 3. The molecule has 1 saturated heterocycles. The van der Waals surface area contributed by atoms with Gasteiger partial charge in [0.05, 0.1) is 6.54 Å². The number of nitrogens with zero attached hydrogens (tertiary/aromatic N) is 1. The van der Waals surface area contributed by atoms with Gasteiger partial charge in [-0.05, 0) is 32.8 Å². The van der Waals surface area contributed by atoms with E-state index in [0.29, 0.717) is 13.0 Å². The summed E-state index contributed by atoms with van der Waals surface area (Å²) in [6, 6.07) is 9.48. The third kappa shape index (κ3) is 6.04. The number of methoxy groups -OCH3 is 1. The maximum Gasteiger partial charge on any atom is 0.410 e. The Labute approximate surface area is 165 Å². The second kappa shape index (κ2) is 8.84. The summed E-state index contributed by atoms with van der Waals surface area (Å²) in [5, 5.41) is 2.05. The fourth-order valence-electron chi connectivity index (χ4n) is 2.82. The van der Waals surface area contributed by atoms with Gasteiger partial charge in [-0.3, -0.25) is 0 Å². The minimum Gasteiger partial charge on any atom is -0.445 e. The normalized spacial score (nSPS) is 20.9. The molecule has 1 fully saturated rings. The van der Waals surface area contributed by atoms with Gasteiger partial charge in [0, 0.05) is 13.7 Å². The number of hydrogen-bond donors (Lipinski definition) is 2. The topological polar surface area (TPSA) is 77.1 Å². The van der Waals surface area contributed by atoms with Crippen LogP contribution in [0.15, 0.2) is 30.3 Å². The Bertz CT molecular complexity index is 649. The van der Waals surface area contributed by atoms with Gasteiger partial charge in [0.25, 0.3) is 0 Å². The second-order valence-electron chi connectivity index (χ2n) is 7.53. The number of nitrogens with one attached hydrogen (secondary N) is 1. The van der Waals surface area contributed by atoms with Crippen LogP contribution in [0.3, 0.4) is 0 Å². The SMILES string of the molecule is COC1(C(S)NC(=O)OC(C)(C)C)CCN(C(=O)OCc2ccccc2)C1. The minimum absolute atomic E-state index is 0.205. The molecule has 2 rings (SSSR count). The standard InChI is InChI=1S/C19H28N2O5S/c1-18(2,3)26-16(22)20-15(27)19(24-4)10-11-21(13-19)17(23)25-12-14-8-6-5-7-9-14/h5-9,15,27H,10-13H2,1-4H3,(H,20,22). The maximum absolute atomic E-state index is 12.4. The van der Waals surface area contributed by atoms with Crippen molar-refractivity contribution in [2.24, 2.45) is 0 Å². The Hall–Kier alpha value is -1.93. The van der Waals surface area contributed by atoms with E-state index in [1.807, 2.05) is 30.3 Å². The van der Waals surface area contributed by atoms with Gasteiger partial charge in [0.2, 0.25) is 0 Å². The average molecular weight is 397 g/mol. The Morgan fingerprint density at radius 1 is 1.30 bits per heavy atom. The maximum atomic E-state index is 12.4. The third-order valence-corrected chi connectivity index (χ3v) is 4.88. The summed E-state index contributed by atoms with van der Waals surface area (Å²) in [7, 11) is 1.54. The summed E-state index contributed by atoms with van der Waals surface area (Å²) in [6.45, 7) is 6.27. The van der Waals surface area contributed by atoms with E-state index < -0.39 is 28.8 Å². The molecule has 1 heterocycles. The summed E-state index contributed by atoms with van der Waals surface area (Å²) in [5.74, 6) is 0. The van der Waals surface area contributed by atoms with E-state index in [2.05, 4.69) is 17.9 Å². The molecule has 0 radical (unpaired) electrons. The van der Waals surface area contributed by atoms with Gasteiger partial charge in [0.1, 0.15) is 23.2 Å². The quantitative estimate of drug-likeness (QED) is 0.590. The minimum atomic E-state index is -0.814. The lowest BCUT2D eigenvalue weighted by Crippen LogP contribution is -2.53. The summed E-state index contributed by atoms with van der Waals surface area (Å²) in [5.41, 5.74) is -0.506. The van der Waals surface area contributed by atoms with Crippen molar-refractivity contribution >= 4 is 24.8 Å². The molecule has 150 valence electrons. The van der Waals surface area contributed by atoms with Crippen molar-refractivity contribution in [3.8, 4) is 0 Å². The number of amides is 2. The second-order valence-corrected chi connectivity index (χ2v) is 8.05. The third-order valence-electron chi connectivity index (χ3n) is 4.29. The first-order valence-electron chi connectivity index (χ1n) is 8.83. The van der Waals surface area contributed by atoms with Crippen molar-refractivity contribution in [3.63, 3.8) is 0 Å². The summed E-state index contributed by atoms with van der Waals surface area (Å²) >= 11 is 4.48.